The van der Waals surface area contributed by atoms with Gasteiger partial charge in [0.1, 0.15) is 0 Å². The van der Waals surface area contributed by atoms with Crippen LogP contribution in [0.1, 0.15) is 43.1 Å². The minimum absolute atomic E-state index is 0.0165. The van der Waals surface area contributed by atoms with Crippen molar-refractivity contribution in [2.24, 2.45) is 0 Å². The van der Waals surface area contributed by atoms with Crippen LogP contribution in [0.5, 0.6) is 0 Å². The van der Waals surface area contributed by atoms with Crippen LogP contribution in [0, 0.1) is 6.92 Å². The monoisotopic (exact) mass is 259 g/mol. The number of aryl methyl sites for hydroxylation is 1. The highest BCUT2D eigenvalue weighted by Crippen LogP contribution is 2.33. The van der Waals surface area contributed by atoms with Crippen molar-refractivity contribution >= 4 is 0 Å². The standard InChI is InChI=1S/C14H17N3O2/c1-9-8-15-7-6-10(9)13-16-14(19-17-13)11-4-2-3-5-12(11)18/h6-8,11-12,18H,2-5H2,1H3. The van der Waals surface area contributed by atoms with Crippen LogP contribution >= 0.6 is 0 Å². The summed E-state index contributed by atoms with van der Waals surface area (Å²) in [4.78, 5) is 8.50. The van der Waals surface area contributed by atoms with E-state index in [2.05, 4.69) is 15.1 Å². The zero-order valence-corrected chi connectivity index (χ0v) is 10.9. The van der Waals surface area contributed by atoms with Crippen LogP contribution < -0.4 is 0 Å². The molecular weight excluding hydrogens is 242 g/mol. The van der Waals surface area contributed by atoms with Crippen LogP contribution in [-0.4, -0.2) is 26.3 Å². The van der Waals surface area contributed by atoms with Gasteiger partial charge in [-0.2, -0.15) is 4.98 Å². The van der Waals surface area contributed by atoms with Gasteiger partial charge >= 0.3 is 0 Å². The van der Waals surface area contributed by atoms with Gasteiger partial charge in [-0.15, -0.1) is 0 Å². The normalized spacial score (nSPS) is 23.5. The number of hydrogen-bond donors (Lipinski definition) is 1. The van der Waals surface area contributed by atoms with Gasteiger partial charge in [-0.25, -0.2) is 0 Å². The molecule has 0 radical (unpaired) electrons. The molecule has 0 bridgehead atoms. The van der Waals surface area contributed by atoms with E-state index < -0.39 is 0 Å². The van der Waals surface area contributed by atoms with Crippen molar-refractivity contribution in [3.05, 3.63) is 29.9 Å². The van der Waals surface area contributed by atoms with E-state index in [0.717, 1.165) is 36.8 Å². The molecule has 5 heteroatoms. The van der Waals surface area contributed by atoms with Gasteiger partial charge in [0.2, 0.25) is 11.7 Å². The summed E-state index contributed by atoms with van der Waals surface area (Å²) in [6.45, 7) is 1.97. The predicted octanol–water partition coefficient (Wildman–Crippen LogP) is 2.46. The summed E-state index contributed by atoms with van der Waals surface area (Å²) in [5.41, 5.74) is 1.94. The van der Waals surface area contributed by atoms with Crippen molar-refractivity contribution in [2.45, 2.75) is 44.6 Å². The fourth-order valence-corrected chi connectivity index (χ4v) is 2.62. The second-order valence-electron chi connectivity index (χ2n) is 5.11. The Morgan fingerprint density at radius 3 is 2.95 bits per heavy atom. The number of aromatic nitrogens is 3. The molecule has 2 heterocycles. The van der Waals surface area contributed by atoms with Crippen LogP contribution in [0.4, 0.5) is 0 Å². The molecule has 2 atom stereocenters. The first kappa shape index (κ1) is 12.3. The van der Waals surface area contributed by atoms with Gasteiger partial charge in [0.25, 0.3) is 0 Å². The number of pyridine rings is 1. The molecule has 1 aliphatic rings. The zero-order chi connectivity index (χ0) is 13.2. The van der Waals surface area contributed by atoms with E-state index >= 15 is 0 Å². The smallest absolute Gasteiger partial charge is 0.232 e. The van der Waals surface area contributed by atoms with Crippen LogP contribution in [0.3, 0.4) is 0 Å². The number of nitrogens with zero attached hydrogens (tertiary/aromatic N) is 3. The van der Waals surface area contributed by atoms with E-state index in [1.165, 1.54) is 0 Å². The maximum absolute atomic E-state index is 10.0. The summed E-state index contributed by atoms with van der Waals surface area (Å²) in [7, 11) is 0. The lowest BCUT2D eigenvalue weighted by Gasteiger charge is -2.24. The first-order chi connectivity index (χ1) is 9.25. The molecule has 2 aromatic heterocycles. The highest BCUT2D eigenvalue weighted by molar-refractivity contribution is 5.57. The third-order valence-corrected chi connectivity index (χ3v) is 3.75. The second-order valence-corrected chi connectivity index (χ2v) is 5.11. The van der Waals surface area contributed by atoms with Gasteiger partial charge in [0.15, 0.2) is 0 Å². The number of aliphatic hydroxyl groups excluding tert-OH is 1. The predicted molar refractivity (Wildman–Crippen MR) is 69.5 cm³/mol. The molecule has 1 N–H and O–H groups in total. The number of rotatable bonds is 2. The Balaban J connectivity index is 1.89. The van der Waals surface area contributed by atoms with E-state index in [0.29, 0.717) is 11.7 Å². The third-order valence-electron chi connectivity index (χ3n) is 3.75. The largest absolute Gasteiger partial charge is 0.392 e. The molecule has 0 aliphatic heterocycles. The van der Waals surface area contributed by atoms with Gasteiger partial charge in [-0.05, 0) is 31.4 Å². The highest BCUT2D eigenvalue weighted by Gasteiger charge is 2.29. The first-order valence-electron chi connectivity index (χ1n) is 6.68. The molecule has 1 fully saturated rings. The molecular formula is C14H17N3O2. The molecule has 0 spiro atoms. The van der Waals surface area contributed by atoms with Crippen molar-refractivity contribution in [2.75, 3.05) is 0 Å². The van der Waals surface area contributed by atoms with Crippen molar-refractivity contribution in [3.63, 3.8) is 0 Å². The summed E-state index contributed by atoms with van der Waals surface area (Å²) < 4.78 is 5.34. The second kappa shape index (κ2) is 5.09. The first-order valence-corrected chi connectivity index (χ1v) is 6.68. The Kier molecular flexibility index (Phi) is 3.29. The van der Waals surface area contributed by atoms with Gasteiger partial charge in [0.05, 0.1) is 12.0 Å². The third kappa shape index (κ3) is 2.38. The van der Waals surface area contributed by atoms with Crippen molar-refractivity contribution in [1.29, 1.82) is 0 Å². The quantitative estimate of drug-likeness (QED) is 0.896. The molecule has 0 amide bonds. The SMILES string of the molecule is Cc1cnccc1-c1noc(C2CCCCC2O)n1. The molecule has 5 nitrogen and oxygen atoms in total. The Labute approximate surface area is 111 Å². The van der Waals surface area contributed by atoms with Gasteiger partial charge < -0.3 is 9.63 Å². The highest BCUT2D eigenvalue weighted by atomic mass is 16.5. The van der Waals surface area contributed by atoms with Crippen LogP contribution in [0.25, 0.3) is 11.4 Å². The van der Waals surface area contributed by atoms with E-state index in [9.17, 15) is 5.11 Å². The lowest BCUT2D eigenvalue weighted by molar-refractivity contribution is 0.0908. The van der Waals surface area contributed by atoms with E-state index in [4.69, 9.17) is 4.52 Å². The van der Waals surface area contributed by atoms with Crippen LogP contribution in [0.2, 0.25) is 0 Å². The summed E-state index contributed by atoms with van der Waals surface area (Å²) in [6, 6.07) is 1.88. The van der Waals surface area contributed by atoms with Crippen molar-refractivity contribution in [1.82, 2.24) is 15.1 Å². The minimum Gasteiger partial charge on any atom is -0.392 e. The molecule has 19 heavy (non-hydrogen) atoms. The molecule has 2 unspecified atom stereocenters. The van der Waals surface area contributed by atoms with E-state index in [-0.39, 0.29) is 12.0 Å². The maximum Gasteiger partial charge on any atom is 0.232 e. The molecule has 1 aliphatic carbocycles. The van der Waals surface area contributed by atoms with Crippen molar-refractivity contribution in [3.8, 4) is 11.4 Å². The summed E-state index contributed by atoms with van der Waals surface area (Å²) in [5, 5.41) is 14.1. The maximum atomic E-state index is 10.0. The molecule has 100 valence electrons. The summed E-state index contributed by atoms with van der Waals surface area (Å²) >= 11 is 0. The number of aliphatic hydroxyl groups is 1. The van der Waals surface area contributed by atoms with Crippen molar-refractivity contribution < 1.29 is 9.63 Å². The average molecular weight is 259 g/mol. The average Bonchev–Trinajstić information content (AvgIpc) is 2.89. The Morgan fingerprint density at radius 1 is 1.32 bits per heavy atom. The summed E-state index contributed by atoms with van der Waals surface area (Å²) in [5.74, 6) is 1.11. The molecule has 1 saturated carbocycles. The number of hydrogen-bond acceptors (Lipinski definition) is 5. The van der Waals surface area contributed by atoms with E-state index in [1.54, 1.807) is 12.4 Å². The zero-order valence-electron chi connectivity index (χ0n) is 10.9. The lowest BCUT2D eigenvalue weighted by Crippen LogP contribution is -2.22. The van der Waals surface area contributed by atoms with Gasteiger partial charge in [-0.1, -0.05) is 18.0 Å². The Bertz CT molecular complexity index is 567. The fraction of sp³-hybridized carbons (Fsp3) is 0.500. The summed E-state index contributed by atoms with van der Waals surface area (Å²) in [6.07, 6.45) is 7.04. The topological polar surface area (TPSA) is 72.0 Å². The molecule has 3 rings (SSSR count). The molecule has 0 saturated heterocycles. The molecule has 0 aromatic carbocycles. The van der Waals surface area contributed by atoms with Crippen LogP contribution in [0.15, 0.2) is 23.0 Å². The van der Waals surface area contributed by atoms with Gasteiger partial charge in [-0.3, -0.25) is 4.98 Å². The van der Waals surface area contributed by atoms with E-state index in [1.807, 2.05) is 13.0 Å². The van der Waals surface area contributed by atoms with Crippen LogP contribution in [-0.2, 0) is 0 Å². The van der Waals surface area contributed by atoms with Gasteiger partial charge in [0, 0.05) is 18.0 Å². The minimum atomic E-state index is -0.361. The lowest BCUT2D eigenvalue weighted by atomic mass is 9.86. The Hall–Kier alpha value is -1.75. The Morgan fingerprint density at radius 2 is 2.16 bits per heavy atom. The fourth-order valence-electron chi connectivity index (χ4n) is 2.62. The molecule has 2 aromatic rings.